The number of sulfone groups is 1. The van der Waals surface area contributed by atoms with Crippen molar-refractivity contribution in [1.29, 1.82) is 0 Å². The molecule has 1 aromatic rings. The van der Waals surface area contributed by atoms with Gasteiger partial charge >= 0.3 is 0 Å². The number of alkyl halides is 1. The van der Waals surface area contributed by atoms with E-state index in [9.17, 15) is 8.42 Å². The van der Waals surface area contributed by atoms with Crippen LogP contribution in [0.1, 0.15) is 25.3 Å². The van der Waals surface area contributed by atoms with Crippen LogP contribution in [0.25, 0.3) is 0 Å². The summed E-state index contributed by atoms with van der Waals surface area (Å²) in [6.45, 7) is 2.03. The maximum absolute atomic E-state index is 11.5. The van der Waals surface area contributed by atoms with Gasteiger partial charge in [-0.2, -0.15) is 0 Å². The van der Waals surface area contributed by atoms with Crippen LogP contribution >= 0.6 is 11.6 Å². The van der Waals surface area contributed by atoms with E-state index in [0.717, 1.165) is 5.56 Å². The Morgan fingerprint density at radius 2 is 1.90 bits per heavy atom. The maximum Gasteiger partial charge on any atom is 0.153 e. The van der Waals surface area contributed by atoms with Gasteiger partial charge in [0.05, 0.1) is 11.5 Å². The molecule has 110 valence electrons. The van der Waals surface area contributed by atoms with Gasteiger partial charge < -0.3 is 4.74 Å². The lowest BCUT2D eigenvalue weighted by molar-refractivity contribution is 0.341. The topological polar surface area (TPSA) is 43.4 Å². The van der Waals surface area contributed by atoms with E-state index in [0.29, 0.717) is 24.5 Å². The molecule has 3 nitrogen and oxygen atoms in total. The fourth-order valence-corrected chi connectivity index (χ4v) is 2.80. The number of hydrogen-bond acceptors (Lipinski definition) is 3. The number of hydrogen-bond donors (Lipinski definition) is 0. The van der Waals surface area contributed by atoms with Crippen LogP contribution in [-0.2, 0) is 9.84 Å². The van der Waals surface area contributed by atoms with E-state index in [-0.39, 0.29) is 18.1 Å². The standard InChI is InChI=1S/C15H19ClO3S/c1-2-12-20(17,18)13-11-19-15-8-6-14(7-9-15)5-3-4-10-16/h6-9H,2,4,10-13H2,1H3. The van der Waals surface area contributed by atoms with Gasteiger partial charge in [-0.3, -0.25) is 0 Å². The SMILES string of the molecule is CCCS(=O)(=O)CCOc1ccc(C#CCCCl)cc1. The van der Waals surface area contributed by atoms with Gasteiger partial charge in [-0.1, -0.05) is 18.8 Å². The second kappa shape index (κ2) is 8.89. The predicted molar refractivity (Wildman–Crippen MR) is 83.1 cm³/mol. The van der Waals surface area contributed by atoms with Crippen molar-refractivity contribution in [3.05, 3.63) is 29.8 Å². The van der Waals surface area contributed by atoms with Crippen molar-refractivity contribution < 1.29 is 13.2 Å². The number of halogens is 1. The van der Waals surface area contributed by atoms with E-state index in [1.165, 1.54) is 0 Å². The molecule has 0 spiro atoms. The zero-order chi connectivity index (χ0) is 14.8. The molecule has 0 saturated heterocycles. The van der Waals surface area contributed by atoms with Crippen LogP contribution in [0.15, 0.2) is 24.3 Å². The van der Waals surface area contributed by atoms with E-state index < -0.39 is 9.84 Å². The Kier molecular flexibility index (Phi) is 7.50. The summed E-state index contributed by atoms with van der Waals surface area (Å²) >= 11 is 5.54. The quantitative estimate of drug-likeness (QED) is 0.574. The lowest BCUT2D eigenvalue weighted by Crippen LogP contribution is -2.16. The van der Waals surface area contributed by atoms with Crippen molar-refractivity contribution in [3.63, 3.8) is 0 Å². The molecule has 0 aliphatic rings. The van der Waals surface area contributed by atoms with Crippen molar-refractivity contribution >= 4 is 21.4 Å². The fraction of sp³-hybridized carbons (Fsp3) is 0.467. The van der Waals surface area contributed by atoms with E-state index in [1.54, 1.807) is 12.1 Å². The normalized spacial score (nSPS) is 10.7. The average Bonchev–Trinajstić information content (AvgIpc) is 2.40. The summed E-state index contributed by atoms with van der Waals surface area (Å²) in [5, 5.41) is 0. The Bertz CT molecular complexity index is 553. The third kappa shape index (κ3) is 6.83. The Morgan fingerprint density at radius 1 is 1.20 bits per heavy atom. The van der Waals surface area contributed by atoms with E-state index in [4.69, 9.17) is 16.3 Å². The lowest BCUT2D eigenvalue weighted by atomic mass is 10.2. The molecule has 0 saturated carbocycles. The van der Waals surface area contributed by atoms with Gasteiger partial charge in [-0.15, -0.1) is 11.6 Å². The molecule has 0 heterocycles. The summed E-state index contributed by atoms with van der Waals surface area (Å²) < 4.78 is 28.4. The molecule has 0 fully saturated rings. The molecule has 0 amide bonds. The Morgan fingerprint density at radius 3 is 2.50 bits per heavy atom. The highest BCUT2D eigenvalue weighted by atomic mass is 35.5. The van der Waals surface area contributed by atoms with Crippen molar-refractivity contribution in [1.82, 2.24) is 0 Å². The highest BCUT2D eigenvalue weighted by molar-refractivity contribution is 7.91. The third-order valence-electron chi connectivity index (χ3n) is 2.48. The Balaban J connectivity index is 2.45. The molecule has 1 rings (SSSR count). The van der Waals surface area contributed by atoms with Crippen LogP contribution < -0.4 is 4.74 Å². The van der Waals surface area contributed by atoms with Crippen molar-refractivity contribution in [2.24, 2.45) is 0 Å². The van der Waals surface area contributed by atoms with Crippen molar-refractivity contribution in [3.8, 4) is 17.6 Å². The summed E-state index contributed by atoms with van der Waals surface area (Å²) in [7, 11) is -2.98. The first-order chi connectivity index (χ1) is 9.57. The summed E-state index contributed by atoms with van der Waals surface area (Å²) in [5.74, 6) is 7.38. The molecule has 0 aromatic heterocycles. The molecule has 0 aliphatic heterocycles. The predicted octanol–water partition coefficient (Wildman–Crippen LogP) is 2.87. The molecular weight excluding hydrogens is 296 g/mol. The first-order valence-electron chi connectivity index (χ1n) is 6.55. The number of rotatable bonds is 7. The van der Waals surface area contributed by atoms with Crippen LogP contribution in [0.4, 0.5) is 0 Å². The lowest BCUT2D eigenvalue weighted by Gasteiger charge is -2.06. The van der Waals surface area contributed by atoms with E-state index in [1.807, 2.05) is 19.1 Å². The largest absolute Gasteiger partial charge is 0.493 e. The van der Waals surface area contributed by atoms with Gasteiger partial charge in [0.25, 0.3) is 0 Å². The van der Waals surface area contributed by atoms with Crippen LogP contribution in [0, 0.1) is 11.8 Å². The summed E-state index contributed by atoms with van der Waals surface area (Å²) in [6, 6.07) is 7.27. The first-order valence-corrected chi connectivity index (χ1v) is 8.91. The van der Waals surface area contributed by atoms with Crippen molar-refractivity contribution in [2.75, 3.05) is 24.0 Å². The smallest absolute Gasteiger partial charge is 0.153 e. The second-order valence-corrected chi connectivity index (χ2v) is 6.95. The van der Waals surface area contributed by atoms with Crippen LogP contribution in [0.3, 0.4) is 0 Å². The van der Waals surface area contributed by atoms with Gasteiger partial charge in [0, 0.05) is 17.9 Å². The minimum Gasteiger partial charge on any atom is -0.493 e. The summed E-state index contributed by atoms with van der Waals surface area (Å²) in [4.78, 5) is 0. The zero-order valence-electron chi connectivity index (χ0n) is 11.6. The third-order valence-corrected chi connectivity index (χ3v) is 4.49. The van der Waals surface area contributed by atoms with Gasteiger partial charge in [-0.25, -0.2) is 8.42 Å². The molecule has 0 radical (unpaired) electrons. The van der Waals surface area contributed by atoms with Gasteiger partial charge in [0.15, 0.2) is 9.84 Å². The summed E-state index contributed by atoms with van der Waals surface area (Å²) in [5.41, 5.74) is 0.890. The Hall–Kier alpha value is -1.18. The minimum absolute atomic E-state index is 0.0537. The number of ether oxygens (including phenoxy) is 1. The maximum atomic E-state index is 11.5. The molecule has 0 aliphatic carbocycles. The monoisotopic (exact) mass is 314 g/mol. The molecular formula is C15H19ClO3S. The first kappa shape index (κ1) is 16.9. The molecule has 0 N–H and O–H groups in total. The van der Waals surface area contributed by atoms with Crippen LogP contribution in [-0.4, -0.2) is 32.4 Å². The minimum atomic E-state index is -2.98. The molecule has 5 heteroatoms. The summed E-state index contributed by atoms with van der Waals surface area (Å²) in [6.07, 6.45) is 1.30. The highest BCUT2D eigenvalue weighted by Crippen LogP contribution is 2.11. The van der Waals surface area contributed by atoms with Crippen LogP contribution in [0.2, 0.25) is 0 Å². The van der Waals surface area contributed by atoms with Gasteiger partial charge in [0.2, 0.25) is 0 Å². The molecule has 0 atom stereocenters. The van der Waals surface area contributed by atoms with Gasteiger partial charge in [0.1, 0.15) is 12.4 Å². The molecule has 0 bridgehead atoms. The van der Waals surface area contributed by atoms with E-state index in [2.05, 4.69) is 11.8 Å². The van der Waals surface area contributed by atoms with Gasteiger partial charge in [-0.05, 0) is 30.7 Å². The fourth-order valence-electron chi connectivity index (χ4n) is 1.55. The van der Waals surface area contributed by atoms with Crippen molar-refractivity contribution in [2.45, 2.75) is 19.8 Å². The second-order valence-electron chi connectivity index (χ2n) is 4.27. The van der Waals surface area contributed by atoms with Crippen LogP contribution in [0.5, 0.6) is 5.75 Å². The molecule has 20 heavy (non-hydrogen) atoms. The highest BCUT2D eigenvalue weighted by Gasteiger charge is 2.09. The molecule has 0 unspecified atom stereocenters. The van der Waals surface area contributed by atoms with E-state index >= 15 is 0 Å². The molecule has 1 aromatic carbocycles. The Labute approximate surface area is 126 Å². The zero-order valence-corrected chi connectivity index (χ0v) is 13.1. The average molecular weight is 315 g/mol. The number of benzene rings is 1.